The molecule has 29 heavy (non-hydrogen) atoms. The monoisotopic (exact) mass is 417 g/mol. The summed E-state index contributed by atoms with van der Waals surface area (Å²) in [5, 5.41) is 13.0. The number of hydrogen-bond donors (Lipinski definition) is 2. The standard InChI is InChI=1S/C19H23N5O4S/c1-11-10-28-14-8-12-4-2-5-13(12)17(16(11)14)22-19(25)23-29(20,26)15-9-21-24-6-3-7-27-18(15)24/h8-9,11H,2-7,10H2,1H3,(H3,20,22,23,25,26)/t11-,29+/m1/s1. The van der Waals surface area contributed by atoms with Gasteiger partial charge in [-0.15, -0.1) is 4.36 Å². The number of nitrogens with two attached hydrogens (primary N) is 1. The second-order valence-electron chi connectivity index (χ2n) is 7.70. The number of fused-ring (bicyclic) bond motifs is 3. The smallest absolute Gasteiger partial charge is 0.354 e. The van der Waals surface area contributed by atoms with Crippen LogP contribution in [-0.4, -0.2) is 33.2 Å². The van der Waals surface area contributed by atoms with Gasteiger partial charge < -0.3 is 14.8 Å². The zero-order valence-corrected chi connectivity index (χ0v) is 17.0. The van der Waals surface area contributed by atoms with Gasteiger partial charge in [-0.25, -0.2) is 18.8 Å². The molecule has 0 saturated carbocycles. The molecule has 0 spiro atoms. The summed E-state index contributed by atoms with van der Waals surface area (Å²) < 4.78 is 29.8. The fraction of sp³-hybridized carbons (Fsp3) is 0.474. The first-order chi connectivity index (χ1) is 13.9. The molecule has 1 aromatic carbocycles. The van der Waals surface area contributed by atoms with Crippen molar-refractivity contribution in [3.8, 4) is 11.6 Å². The molecule has 2 aliphatic heterocycles. The summed E-state index contributed by atoms with van der Waals surface area (Å²) in [4.78, 5) is 12.9. The predicted molar refractivity (Wildman–Crippen MR) is 107 cm³/mol. The molecule has 154 valence electrons. The van der Waals surface area contributed by atoms with E-state index in [0.29, 0.717) is 25.6 Å². The lowest BCUT2D eigenvalue weighted by atomic mass is 9.95. The number of aromatic nitrogens is 2. The van der Waals surface area contributed by atoms with E-state index in [1.54, 1.807) is 4.68 Å². The quantitative estimate of drug-likeness (QED) is 0.778. The van der Waals surface area contributed by atoms with Crippen molar-refractivity contribution in [2.45, 2.75) is 50.0 Å². The number of benzene rings is 1. The number of nitrogens with one attached hydrogen (secondary N) is 1. The number of urea groups is 1. The largest absolute Gasteiger partial charge is 0.493 e. The molecule has 5 rings (SSSR count). The number of amides is 2. The topological polar surface area (TPSA) is 121 Å². The summed E-state index contributed by atoms with van der Waals surface area (Å²) in [6.45, 7) is 3.77. The van der Waals surface area contributed by atoms with Gasteiger partial charge in [-0.05, 0) is 36.5 Å². The van der Waals surface area contributed by atoms with Crippen LogP contribution >= 0.6 is 0 Å². The molecule has 0 saturated heterocycles. The summed E-state index contributed by atoms with van der Waals surface area (Å²) in [5.74, 6) is 1.29. The molecular formula is C19H23N5O4S. The SMILES string of the molecule is C[C@@H]1COc2cc3c(c(NC(=O)N=[S@](N)(=O)c4cnn5c4OCCC5)c21)CCC3. The number of nitrogens with zero attached hydrogens (tertiary/aromatic N) is 3. The van der Waals surface area contributed by atoms with E-state index in [4.69, 9.17) is 14.6 Å². The Kier molecular flexibility index (Phi) is 4.28. The van der Waals surface area contributed by atoms with Gasteiger partial charge >= 0.3 is 6.03 Å². The molecule has 0 radical (unpaired) electrons. The molecule has 3 heterocycles. The highest BCUT2D eigenvalue weighted by atomic mass is 32.2. The van der Waals surface area contributed by atoms with E-state index >= 15 is 0 Å². The number of carbonyl (C=O) groups is 1. The van der Waals surface area contributed by atoms with Gasteiger partial charge in [0.25, 0.3) is 0 Å². The van der Waals surface area contributed by atoms with Gasteiger partial charge in [-0.2, -0.15) is 5.10 Å². The highest BCUT2D eigenvalue weighted by molar-refractivity contribution is 7.91. The normalized spacial score (nSPS) is 21.2. The van der Waals surface area contributed by atoms with Crippen LogP contribution < -0.4 is 19.9 Å². The van der Waals surface area contributed by atoms with E-state index in [1.165, 1.54) is 11.8 Å². The summed E-state index contributed by atoms with van der Waals surface area (Å²) in [7, 11) is -3.50. The molecule has 0 fully saturated rings. The third kappa shape index (κ3) is 3.06. The maximum Gasteiger partial charge on any atom is 0.354 e. The van der Waals surface area contributed by atoms with Crippen LogP contribution in [0.3, 0.4) is 0 Å². The van der Waals surface area contributed by atoms with Crippen molar-refractivity contribution in [2.75, 3.05) is 18.5 Å². The maximum atomic E-state index is 13.0. The van der Waals surface area contributed by atoms with Crippen molar-refractivity contribution >= 4 is 21.6 Å². The van der Waals surface area contributed by atoms with Crippen LogP contribution in [0.1, 0.15) is 42.4 Å². The third-order valence-corrected chi connectivity index (χ3v) is 7.01. The van der Waals surface area contributed by atoms with Crippen molar-refractivity contribution in [1.82, 2.24) is 9.78 Å². The zero-order valence-electron chi connectivity index (χ0n) is 16.1. The average Bonchev–Trinajstić information content (AvgIpc) is 3.39. The highest BCUT2D eigenvalue weighted by Gasteiger charge is 2.31. The number of ether oxygens (including phenoxy) is 2. The Labute approximate surface area is 168 Å². The van der Waals surface area contributed by atoms with Crippen molar-refractivity contribution < 1.29 is 18.5 Å². The first-order valence-corrected chi connectivity index (χ1v) is 11.4. The Morgan fingerprint density at radius 2 is 2.24 bits per heavy atom. The van der Waals surface area contributed by atoms with Gasteiger partial charge in [0.1, 0.15) is 10.6 Å². The first kappa shape index (κ1) is 18.4. The second kappa shape index (κ2) is 6.74. The van der Waals surface area contributed by atoms with Crippen LogP contribution in [-0.2, 0) is 29.3 Å². The van der Waals surface area contributed by atoms with Crippen LogP contribution in [0.15, 0.2) is 21.5 Å². The number of anilines is 1. The number of aryl methyl sites for hydroxylation is 2. The Morgan fingerprint density at radius 1 is 1.38 bits per heavy atom. The van der Waals surface area contributed by atoms with Crippen molar-refractivity contribution in [3.05, 3.63) is 29.0 Å². The molecule has 3 N–H and O–H groups in total. The number of carbonyl (C=O) groups excluding carboxylic acids is 1. The van der Waals surface area contributed by atoms with E-state index in [9.17, 15) is 9.00 Å². The highest BCUT2D eigenvalue weighted by Crippen LogP contribution is 2.45. The number of hydrogen-bond acceptors (Lipinski definition) is 5. The molecule has 1 aromatic heterocycles. The lowest BCUT2D eigenvalue weighted by Gasteiger charge is -2.17. The lowest BCUT2D eigenvalue weighted by molar-refractivity contribution is 0.224. The minimum atomic E-state index is -3.50. The van der Waals surface area contributed by atoms with Crippen LogP contribution in [0.5, 0.6) is 11.6 Å². The molecule has 9 nitrogen and oxygen atoms in total. The molecule has 0 bridgehead atoms. The molecule has 3 aliphatic rings. The van der Waals surface area contributed by atoms with Crippen LogP contribution in [0.2, 0.25) is 0 Å². The minimum absolute atomic E-state index is 0.146. The van der Waals surface area contributed by atoms with Gasteiger partial charge in [0.2, 0.25) is 5.88 Å². The fourth-order valence-corrected chi connectivity index (χ4v) is 5.33. The van der Waals surface area contributed by atoms with Gasteiger partial charge in [0.05, 0.1) is 25.1 Å². The van der Waals surface area contributed by atoms with Gasteiger partial charge in [-0.1, -0.05) is 6.92 Å². The van der Waals surface area contributed by atoms with E-state index in [2.05, 4.69) is 27.8 Å². The Bertz CT molecular complexity index is 1130. The second-order valence-corrected chi connectivity index (χ2v) is 9.46. The molecule has 10 heteroatoms. The predicted octanol–water partition coefficient (Wildman–Crippen LogP) is 2.58. The molecule has 2 amide bonds. The van der Waals surface area contributed by atoms with Crippen molar-refractivity contribution in [2.24, 2.45) is 9.50 Å². The van der Waals surface area contributed by atoms with Gasteiger partial charge in [0.15, 0.2) is 9.92 Å². The average molecular weight is 417 g/mol. The maximum absolute atomic E-state index is 13.0. The van der Waals surface area contributed by atoms with Crippen molar-refractivity contribution in [1.29, 1.82) is 0 Å². The lowest BCUT2D eigenvalue weighted by Crippen LogP contribution is -2.21. The molecular weight excluding hydrogens is 394 g/mol. The zero-order chi connectivity index (χ0) is 20.2. The first-order valence-electron chi connectivity index (χ1n) is 9.80. The molecule has 2 atom stereocenters. The molecule has 1 aliphatic carbocycles. The molecule has 2 aromatic rings. The van der Waals surface area contributed by atoms with E-state index in [-0.39, 0.29) is 10.8 Å². The Balaban J connectivity index is 1.50. The Morgan fingerprint density at radius 3 is 3.10 bits per heavy atom. The summed E-state index contributed by atoms with van der Waals surface area (Å²) >= 11 is 0. The number of rotatable bonds is 2. The minimum Gasteiger partial charge on any atom is -0.493 e. The summed E-state index contributed by atoms with van der Waals surface area (Å²) in [5.41, 5.74) is 4.00. The van der Waals surface area contributed by atoms with Crippen LogP contribution in [0.4, 0.5) is 10.5 Å². The van der Waals surface area contributed by atoms with E-state index in [0.717, 1.165) is 48.2 Å². The van der Waals surface area contributed by atoms with E-state index < -0.39 is 15.9 Å². The van der Waals surface area contributed by atoms with Crippen LogP contribution in [0, 0.1) is 0 Å². The van der Waals surface area contributed by atoms with Gasteiger partial charge in [0, 0.05) is 24.4 Å². The van der Waals surface area contributed by atoms with Crippen molar-refractivity contribution in [3.63, 3.8) is 0 Å². The summed E-state index contributed by atoms with van der Waals surface area (Å²) in [6.07, 6.45) is 5.04. The molecule has 0 unspecified atom stereocenters. The van der Waals surface area contributed by atoms with E-state index in [1.807, 2.05) is 0 Å². The third-order valence-electron chi connectivity index (χ3n) is 5.66. The fourth-order valence-electron chi connectivity index (χ4n) is 4.33. The van der Waals surface area contributed by atoms with Gasteiger partial charge in [-0.3, -0.25) is 0 Å². The van der Waals surface area contributed by atoms with Crippen LogP contribution in [0.25, 0.3) is 0 Å². The Hall–Kier alpha value is -2.59. The summed E-state index contributed by atoms with van der Waals surface area (Å²) in [6, 6.07) is 1.34.